The number of hydrogen-bond donors (Lipinski definition) is 0. The molecule has 0 bridgehead atoms. The van der Waals surface area contributed by atoms with Gasteiger partial charge in [0, 0.05) is 5.92 Å². The normalized spacial score (nSPS) is 19.5. The smallest absolute Gasteiger partial charge is 0.245 e. The van der Waals surface area contributed by atoms with Gasteiger partial charge in [-0.25, -0.2) is 8.42 Å². The summed E-state index contributed by atoms with van der Waals surface area (Å²) in [6.07, 6.45) is 0.0663. The lowest BCUT2D eigenvalue weighted by atomic mass is 9.99. The summed E-state index contributed by atoms with van der Waals surface area (Å²) >= 11 is 14.4. The Morgan fingerprint density at radius 2 is 1.44 bits per heavy atom. The van der Waals surface area contributed by atoms with Crippen molar-refractivity contribution in [3.63, 3.8) is 0 Å². The number of hydrogen-bond acceptors (Lipinski definition) is 3. The number of rotatable bonds is 6. The van der Waals surface area contributed by atoms with Gasteiger partial charge in [-0.05, 0) is 36.6 Å². The lowest BCUT2D eigenvalue weighted by Gasteiger charge is -2.31. The van der Waals surface area contributed by atoms with Crippen molar-refractivity contribution >= 4 is 44.8 Å². The number of benzene rings is 3. The molecule has 0 spiro atoms. The molecule has 3 atom stereocenters. The Morgan fingerprint density at radius 1 is 0.912 bits per heavy atom. The van der Waals surface area contributed by atoms with Gasteiger partial charge in [-0.15, -0.1) is 0 Å². The minimum absolute atomic E-state index is 0.0906. The van der Waals surface area contributed by atoms with Crippen molar-refractivity contribution < 1.29 is 13.2 Å². The van der Waals surface area contributed by atoms with Crippen molar-refractivity contribution in [2.24, 2.45) is 0 Å². The summed E-state index contributed by atoms with van der Waals surface area (Å²) in [6, 6.07) is 26.7. The maximum atomic E-state index is 13.7. The average Bonchev–Trinajstić information content (AvgIpc) is 3.24. The fourth-order valence-corrected chi connectivity index (χ4v) is 5.82. The molecule has 1 aliphatic rings. The second kappa shape index (κ2) is 12.4. The molecular formula is C26H28Cl3NO3S. The van der Waals surface area contributed by atoms with Gasteiger partial charge in [-0.3, -0.25) is 0 Å². The Labute approximate surface area is 217 Å². The van der Waals surface area contributed by atoms with Crippen LogP contribution in [-0.4, -0.2) is 35.9 Å². The average molecular weight is 541 g/mol. The molecule has 8 heteroatoms. The summed E-state index contributed by atoms with van der Waals surface area (Å²) in [6.45, 7) is 4.36. The van der Waals surface area contributed by atoms with Crippen LogP contribution in [0.5, 0.6) is 0 Å². The topological polar surface area (TPSA) is 46.6 Å². The van der Waals surface area contributed by atoms with E-state index in [1.807, 2.05) is 86.6 Å². The number of alkyl halides is 3. The molecule has 0 unspecified atom stereocenters. The Bertz CT molecular complexity index is 1120. The number of halogens is 3. The van der Waals surface area contributed by atoms with Crippen molar-refractivity contribution in [1.29, 1.82) is 0 Å². The van der Waals surface area contributed by atoms with Gasteiger partial charge in [0.2, 0.25) is 10.0 Å². The van der Waals surface area contributed by atoms with Crippen LogP contribution in [0.1, 0.15) is 29.5 Å². The molecule has 0 radical (unpaired) electrons. The van der Waals surface area contributed by atoms with Crippen LogP contribution < -0.4 is 0 Å². The molecule has 0 N–H and O–H groups in total. The quantitative estimate of drug-likeness (QED) is 0.325. The summed E-state index contributed by atoms with van der Waals surface area (Å²) in [4.78, 5) is 0.307. The molecule has 0 saturated carbocycles. The van der Waals surface area contributed by atoms with Crippen LogP contribution in [0.2, 0.25) is 0 Å². The van der Waals surface area contributed by atoms with Crippen LogP contribution >= 0.6 is 34.8 Å². The second-order valence-electron chi connectivity index (χ2n) is 8.16. The monoisotopic (exact) mass is 539 g/mol. The Kier molecular flexibility index (Phi) is 9.84. The lowest BCUT2D eigenvalue weighted by Crippen LogP contribution is -2.44. The molecule has 4 nitrogen and oxygen atoms in total. The van der Waals surface area contributed by atoms with Gasteiger partial charge in [0.25, 0.3) is 0 Å². The van der Waals surface area contributed by atoms with E-state index < -0.39 is 20.5 Å². The number of ether oxygens (including phenoxy) is 1. The van der Waals surface area contributed by atoms with Crippen LogP contribution in [0.15, 0.2) is 89.8 Å². The minimum Gasteiger partial charge on any atom is -0.360 e. The van der Waals surface area contributed by atoms with E-state index in [1.54, 1.807) is 16.4 Å². The van der Waals surface area contributed by atoms with E-state index in [-0.39, 0.29) is 12.0 Å². The molecule has 0 aliphatic carbocycles. The van der Waals surface area contributed by atoms with E-state index >= 15 is 0 Å². The number of nitrogens with zero attached hydrogens (tertiary/aromatic N) is 1. The third-order valence-electron chi connectivity index (χ3n) is 5.73. The summed E-state index contributed by atoms with van der Waals surface area (Å²) in [5.74, 6) is -0.0906. The first kappa shape index (κ1) is 27.0. The Morgan fingerprint density at radius 3 is 2.00 bits per heavy atom. The maximum Gasteiger partial charge on any atom is 0.245 e. The third-order valence-corrected chi connectivity index (χ3v) is 7.66. The first-order valence-corrected chi connectivity index (χ1v) is 13.7. The molecular weight excluding hydrogens is 513 g/mol. The van der Waals surface area contributed by atoms with Crippen LogP contribution in [-0.2, 0) is 21.2 Å². The highest BCUT2D eigenvalue weighted by Crippen LogP contribution is 2.35. The standard InChI is InChI=1S/C25H27NO3S.CHCl3/c1-19-13-15-24(16-14-19)30(27,28)26-23(17-21-9-5-3-6-10-21)18-29-25(26)20(2)22-11-7-4-8-12-22;2-1(3)4/h3-16,20,23,25H,17-18H2,1-2H3;1H/t20-,23-,25-;/m0./s1. The van der Waals surface area contributed by atoms with E-state index in [0.717, 1.165) is 16.7 Å². The maximum absolute atomic E-state index is 13.7. The molecule has 182 valence electrons. The molecule has 0 amide bonds. The van der Waals surface area contributed by atoms with Gasteiger partial charge >= 0.3 is 0 Å². The van der Waals surface area contributed by atoms with Crippen molar-refractivity contribution in [3.8, 4) is 0 Å². The molecule has 34 heavy (non-hydrogen) atoms. The predicted octanol–water partition coefficient (Wildman–Crippen LogP) is 6.74. The third kappa shape index (κ3) is 6.97. The van der Waals surface area contributed by atoms with Gasteiger partial charge in [0.1, 0.15) is 6.23 Å². The fraction of sp³-hybridized carbons (Fsp3) is 0.308. The van der Waals surface area contributed by atoms with Crippen LogP contribution in [0, 0.1) is 6.92 Å². The molecule has 1 saturated heterocycles. The van der Waals surface area contributed by atoms with Gasteiger partial charge in [0.05, 0.1) is 17.5 Å². The largest absolute Gasteiger partial charge is 0.360 e. The summed E-state index contributed by atoms with van der Waals surface area (Å²) in [5.41, 5.74) is 3.19. The zero-order valence-electron chi connectivity index (χ0n) is 19.0. The molecule has 1 heterocycles. The minimum atomic E-state index is -3.72. The summed E-state index contributed by atoms with van der Waals surface area (Å²) < 4.78 is 34.5. The molecule has 1 fully saturated rings. The predicted molar refractivity (Wildman–Crippen MR) is 140 cm³/mol. The zero-order valence-corrected chi connectivity index (χ0v) is 22.1. The van der Waals surface area contributed by atoms with Gasteiger partial charge in [-0.1, -0.05) is 120 Å². The first-order chi connectivity index (χ1) is 16.2. The molecule has 3 aromatic rings. The van der Waals surface area contributed by atoms with E-state index in [4.69, 9.17) is 39.5 Å². The highest BCUT2D eigenvalue weighted by atomic mass is 35.6. The van der Waals surface area contributed by atoms with Gasteiger partial charge in [-0.2, -0.15) is 4.31 Å². The Balaban J connectivity index is 0.000000751. The van der Waals surface area contributed by atoms with E-state index in [1.165, 1.54) is 0 Å². The fourth-order valence-electron chi connectivity index (χ4n) is 4.05. The van der Waals surface area contributed by atoms with Crippen LogP contribution in [0.3, 0.4) is 0 Å². The molecule has 0 aromatic heterocycles. The van der Waals surface area contributed by atoms with Crippen LogP contribution in [0.4, 0.5) is 0 Å². The van der Waals surface area contributed by atoms with Crippen LogP contribution in [0.25, 0.3) is 0 Å². The van der Waals surface area contributed by atoms with E-state index in [0.29, 0.717) is 17.9 Å². The summed E-state index contributed by atoms with van der Waals surface area (Å²) in [5, 5.41) is 0. The van der Waals surface area contributed by atoms with Crippen molar-refractivity contribution in [2.75, 3.05) is 6.61 Å². The zero-order chi connectivity index (χ0) is 24.7. The lowest BCUT2D eigenvalue weighted by molar-refractivity contribution is 0.0494. The second-order valence-corrected chi connectivity index (χ2v) is 12.0. The van der Waals surface area contributed by atoms with Crippen molar-refractivity contribution in [3.05, 3.63) is 102 Å². The SMILES string of the molecule is Cc1ccc(S(=O)(=O)N2[C@@H](Cc3ccccc3)CO[C@H]2[C@@H](C)c2ccccc2)cc1.ClC(Cl)Cl. The van der Waals surface area contributed by atoms with Crippen molar-refractivity contribution in [1.82, 2.24) is 4.31 Å². The molecule has 1 aliphatic heterocycles. The highest BCUT2D eigenvalue weighted by Gasteiger charge is 2.45. The van der Waals surface area contributed by atoms with E-state index in [2.05, 4.69) is 0 Å². The van der Waals surface area contributed by atoms with Gasteiger partial charge in [0.15, 0.2) is 4.30 Å². The molecule has 4 rings (SSSR count). The highest BCUT2D eigenvalue weighted by molar-refractivity contribution is 7.89. The number of sulfonamides is 1. The van der Waals surface area contributed by atoms with Crippen molar-refractivity contribution in [2.45, 2.75) is 47.6 Å². The Hall–Kier alpha value is -1.60. The number of aryl methyl sites for hydroxylation is 1. The molecule has 3 aromatic carbocycles. The first-order valence-electron chi connectivity index (χ1n) is 10.9. The van der Waals surface area contributed by atoms with E-state index in [9.17, 15) is 8.42 Å². The summed E-state index contributed by atoms with van der Waals surface area (Å²) in [7, 11) is -3.72. The van der Waals surface area contributed by atoms with Gasteiger partial charge < -0.3 is 4.74 Å².